The van der Waals surface area contributed by atoms with Gasteiger partial charge in [-0.25, -0.2) is 4.79 Å². The van der Waals surface area contributed by atoms with Gasteiger partial charge in [-0.05, 0) is 17.7 Å². The molecule has 0 fully saturated rings. The van der Waals surface area contributed by atoms with Crippen molar-refractivity contribution in [2.75, 3.05) is 0 Å². The molecule has 0 aliphatic heterocycles. The Hall–Kier alpha value is -2.66. The van der Waals surface area contributed by atoms with Crippen molar-refractivity contribution in [3.8, 4) is 0 Å². The number of rotatable bonds is 5. The number of non-ortho nitro benzene ring substituents is 1. The van der Waals surface area contributed by atoms with Gasteiger partial charge in [0.1, 0.15) is 6.61 Å². The molecule has 6 heteroatoms. The molecule has 0 aliphatic rings. The average molecular weight is 318 g/mol. The lowest BCUT2D eigenvalue weighted by molar-refractivity contribution is -0.384. The van der Waals surface area contributed by atoms with E-state index in [-0.39, 0.29) is 12.3 Å². The van der Waals surface area contributed by atoms with Crippen LogP contribution in [0.4, 0.5) is 5.69 Å². The number of nitro benzene ring substituents is 1. The van der Waals surface area contributed by atoms with Crippen LogP contribution >= 0.6 is 11.6 Å². The van der Waals surface area contributed by atoms with Crippen LogP contribution in [0.3, 0.4) is 0 Å². The number of hydrogen-bond acceptors (Lipinski definition) is 4. The molecule has 0 spiro atoms. The second-order valence-electron chi connectivity index (χ2n) is 4.38. The summed E-state index contributed by atoms with van der Waals surface area (Å²) in [6.07, 6.45) is 2.91. The van der Waals surface area contributed by atoms with Gasteiger partial charge in [0.2, 0.25) is 0 Å². The Kier molecular flexibility index (Phi) is 5.27. The Morgan fingerprint density at radius 3 is 2.64 bits per heavy atom. The molecule has 2 aromatic rings. The topological polar surface area (TPSA) is 69.4 Å². The number of ether oxygens (including phenoxy) is 1. The van der Waals surface area contributed by atoms with Gasteiger partial charge in [-0.15, -0.1) is 0 Å². The lowest BCUT2D eigenvalue weighted by Crippen LogP contribution is -2.02. The largest absolute Gasteiger partial charge is 0.458 e. The molecular formula is C16H12ClNO4. The first-order valence-electron chi connectivity index (χ1n) is 6.39. The third kappa shape index (κ3) is 4.43. The van der Waals surface area contributed by atoms with E-state index in [9.17, 15) is 14.9 Å². The molecule has 112 valence electrons. The van der Waals surface area contributed by atoms with E-state index in [0.29, 0.717) is 10.6 Å². The molecule has 0 aliphatic carbocycles. The summed E-state index contributed by atoms with van der Waals surface area (Å²) in [5.41, 5.74) is 1.15. The minimum atomic E-state index is -0.550. The quantitative estimate of drug-likeness (QED) is 0.361. The highest BCUT2D eigenvalue weighted by atomic mass is 35.5. The monoisotopic (exact) mass is 317 g/mol. The standard InChI is InChI=1S/C16H12ClNO4/c17-15-8-7-14(18(20)21)10-13(15)11-22-16(19)9-6-12-4-2-1-3-5-12/h1-10H,11H2. The zero-order chi connectivity index (χ0) is 15.9. The maximum absolute atomic E-state index is 11.6. The van der Waals surface area contributed by atoms with Crippen molar-refractivity contribution < 1.29 is 14.5 Å². The molecule has 0 unspecified atom stereocenters. The van der Waals surface area contributed by atoms with Crippen molar-refractivity contribution in [2.24, 2.45) is 0 Å². The van der Waals surface area contributed by atoms with Gasteiger partial charge in [0.25, 0.3) is 5.69 Å². The van der Waals surface area contributed by atoms with Crippen molar-refractivity contribution in [1.29, 1.82) is 0 Å². The van der Waals surface area contributed by atoms with Crippen molar-refractivity contribution in [3.05, 3.63) is 80.9 Å². The zero-order valence-corrected chi connectivity index (χ0v) is 12.2. The third-order valence-electron chi connectivity index (χ3n) is 2.82. The van der Waals surface area contributed by atoms with Crippen LogP contribution in [0.2, 0.25) is 5.02 Å². The van der Waals surface area contributed by atoms with E-state index < -0.39 is 10.9 Å². The molecule has 0 saturated carbocycles. The summed E-state index contributed by atoms with van der Waals surface area (Å²) in [6, 6.07) is 13.3. The highest BCUT2D eigenvalue weighted by molar-refractivity contribution is 6.31. The lowest BCUT2D eigenvalue weighted by atomic mass is 10.2. The maximum Gasteiger partial charge on any atom is 0.331 e. The number of esters is 1. The van der Waals surface area contributed by atoms with Crippen molar-refractivity contribution >= 4 is 29.3 Å². The minimum absolute atomic E-state index is 0.102. The summed E-state index contributed by atoms with van der Waals surface area (Å²) in [5, 5.41) is 11.0. The van der Waals surface area contributed by atoms with Crippen LogP contribution in [0.25, 0.3) is 6.08 Å². The van der Waals surface area contributed by atoms with Gasteiger partial charge in [0.05, 0.1) is 4.92 Å². The molecule has 5 nitrogen and oxygen atoms in total. The van der Waals surface area contributed by atoms with Gasteiger partial charge in [-0.3, -0.25) is 10.1 Å². The van der Waals surface area contributed by atoms with Gasteiger partial charge in [-0.2, -0.15) is 0 Å². The van der Waals surface area contributed by atoms with Gasteiger partial charge in [0, 0.05) is 28.8 Å². The van der Waals surface area contributed by atoms with Crippen molar-refractivity contribution in [3.63, 3.8) is 0 Å². The number of hydrogen-bond donors (Lipinski definition) is 0. The third-order valence-corrected chi connectivity index (χ3v) is 3.19. The van der Waals surface area contributed by atoms with Crippen molar-refractivity contribution in [2.45, 2.75) is 6.61 Å². The molecule has 2 rings (SSSR count). The van der Waals surface area contributed by atoms with Gasteiger partial charge >= 0.3 is 5.97 Å². The Labute approximate surface area is 131 Å². The van der Waals surface area contributed by atoms with Crippen LogP contribution in [0.5, 0.6) is 0 Å². The van der Waals surface area contributed by atoms with Crippen LogP contribution in [-0.2, 0) is 16.1 Å². The second kappa shape index (κ2) is 7.38. The highest BCUT2D eigenvalue weighted by Crippen LogP contribution is 2.22. The summed E-state index contributed by atoms with van der Waals surface area (Å²) in [6.45, 7) is -0.127. The Balaban J connectivity index is 1.98. The summed E-state index contributed by atoms with van der Waals surface area (Å²) in [5.74, 6) is -0.550. The molecule has 0 heterocycles. The Morgan fingerprint density at radius 1 is 1.23 bits per heavy atom. The highest BCUT2D eigenvalue weighted by Gasteiger charge is 2.10. The number of nitro groups is 1. The molecule has 0 amide bonds. The number of carbonyl (C=O) groups is 1. The molecule has 2 aromatic carbocycles. The fraction of sp³-hybridized carbons (Fsp3) is 0.0625. The fourth-order valence-corrected chi connectivity index (χ4v) is 1.88. The van der Waals surface area contributed by atoms with E-state index in [1.807, 2.05) is 30.3 Å². The number of nitrogens with zero attached hydrogens (tertiary/aromatic N) is 1. The Morgan fingerprint density at radius 2 is 1.95 bits per heavy atom. The summed E-state index contributed by atoms with van der Waals surface area (Å²) < 4.78 is 5.03. The smallest absolute Gasteiger partial charge is 0.331 e. The summed E-state index contributed by atoms with van der Waals surface area (Å²) >= 11 is 5.93. The SMILES string of the molecule is O=C(C=Cc1ccccc1)OCc1cc([N+](=O)[O-])ccc1Cl. The molecule has 0 N–H and O–H groups in total. The Bertz CT molecular complexity index is 713. The first-order valence-corrected chi connectivity index (χ1v) is 6.77. The van der Waals surface area contributed by atoms with Crippen LogP contribution in [-0.4, -0.2) is 10.9 Å². The summed E-state index contributed by atoms with van der Waals surface area (Å²) in [7, 11) is 0. The van der Waals surface area contributed by atoms with Gasteiger partial charge in [-0.1, -0.05) is 41.9 Å². The first kappa shape index (κ1) is 15.7. The first-order chi connectivity index (χ1) is 10.6. The van der Waals surface area contributed by atoms with Crippen molar-refractivity contribution in [1.82, 2.24) is 0 Å². The normalized spacial score (nSPS) is 10.6. The van der Waals surface area contributed by atoms with E-state index in [1.54, 1.807) is 6.08 Å². The molecule has 0 saturated heterocycles. The van der Waals surface area contributed by atoms with E-state index >= 15 is 0 Å². The predicted octanol–water partition coefficient (Wildman–Crippen LogP) is 4.00. The number of benzene rings is 2. The predicted molar refractivity (Wildman–Crippen MR) is 83.4 cm³/mol. The number of halogens is 1. The van der Waals surface area contributed by atoms with Crippen LogP contribution in [0, 0.1) is 10.1 Å². The minimum Gasteiger partial charge on any atom is -0.458 e. The molecule has 0 bridgehead atoms. The van der Waals surface area contributed by atoms with E-state index in [1.165, 1.54) is 24.3 Å². The zero-order valence-electron chi connectivity index (χ0n) is 11.4. The average Bonchev–Trinajstić information content (AvgIpc) is 2.53. The van der Waals surface area contributed by atoms with Gasteiger partial charge < -0.3 is 4.74 Å². The molecule has 0 radical (unpaired) electrons. The number of carbonyl (C=O) groups excluding carboxylic acids is 1. The molecule has 0 aromatic heterocycles. The second-order valence-corrected chi connectivity index (χ2v) is 4.79. The summed E-state index contributed by atoms with van der Waals surface area (Å²) in [4.78, 5) is 21.8. The van der Waals surface area contributed by atoms with E-state index in [0.717, 1.165) is 5.56 Å². The molecule has 0 atom stereocenters. The van der Waals surface area contributed by atoms with Crippen LogP contribution < -0.4 is 0 Å². The van der Waals surface area contributed by atoms with E-state index in [4.69, 9.17) is 16.3 Å². The lowest BCUT2D eigenvalue weighted by Gasteiger charge is -2.04. The molecule has 22 heavy (non-hydrogen) atoms. The molecular weight excluding hydrogens is 306 g/mol. The maximum atomic E-state index is 11.6. The van der Waals surface area contributed by atoms with E-state index in [2.05, 4.69) is 0 Å². The van der Waals surface area contributed by atoms with Crippen LogP contribution in [0.15, 0.2) is 54.6 Å². The fourth-order valence-electron chi connectivity index (χ4n) is 1.71. The van der Waals surface area contributed by atoms with Crippen LogP contribution in [0.1, 0.15) is 11.1 Å². The van der Waals surface area contributed by atoms with Gasteiger partial charge in [0.15, 0.2) is 0 Å².